The van der Waals surface area contributed by atoms with Crippen molar-refractivity contribution in [2.75, 3.05) is 20.3 Å². The lowest BCUT2D eigenvalue weighted by molar-refractivity contribution is -0.130. The summed E-state index contributed by atoms with van der Waals surface area (Å²) in [6, 6.07) is 3.65. The highest BCUT2D eigenvalue weighted by molar-refractivity contribution is 5.81. The molecular weight excluding hydrogens is 266 g/mol. The molecule has 2 rings (SSSR count). The SMILES string of the molecule is COCCC(C)N1C(=O)CNC1c1ccc(F)c(F)c1. The number of carbonyl (C=O) groups is 1. The fourth-order valence-electron chi connectivity index (χ4n) is 2.41. The molecule has 0 aromatic heterocycles. The number of hydrogen-bond acceptors (Lipinski definition) is 3. The molecule has 0 bridgehead atoms. The van der Waals surface area contributed by atoms with Crippen LogP contribution in [0.2, 0.25) is 0 Å². The first-order valence-corrected chi connectivity index (χ1v) is 6.53. The second kappa shape index (κ2) is 6.28. The molecule has 20 heavy (non-hydrogen) atoms. The summed E-state index contributed by atoms with van der Waals surface area (Å²) in [6.45, 7) is 2.65. The number of amides is 1. The zero-order valence-corrected chi connectivity index (χ0v) is 11.5. The number of nitrogens with one attached hydrogen (secondary N) is 1. The Morgan fingerprint density at radius 2 is 2.20 bits per heavy atom. The van der Waals surface area contributed by atoms with E-state index in [0.717, 1.165) is 12.1 Å². The van der Waals surface area contributed by atoms with Crippen LogP contribution in [0.15, 0.2) is 18.2 Å². The maximum atomic E-state index is 13.3. The number of nitrogens with zero attached hydrogens (tertiary/aromatic N) is 1. The minimum Gasteiger partial charge on any atom is -0.385 e. The van der Waals surface area contributed by atoms with Crippen molar-refractivity contribution in [1.29, 1.82) is 0 Å². The van der Waals surface area contributed by atoms with E-state index in [2.05, 4.69) is 5.32 Å². The average Bonchev–Trinajstić information content (AvgIpc) is 2.81. The Kier molecular flexibility index (Phi) is 4.67. The van der Waals surface area contributed by atoms with Crippen LogP contribution in [0.1, 0.15) is 25.1 Å². The van der Waals surface area contributed by atoms with Crippen molar-refractivity contribution in [3.63, 3.8) is 0 Å². The first-order chi connectivity index (χ1) is 9.54. The molecule has 0 saturated carbocycles. The van der Waals surface area contributed by atoms with Crippen molar-refractivity contribution in [2.45, 2.75) is 25.6 Å². The van der Waals surface area contributed by atoms with Crippen molar-refractivity contribution in [1.82, 2.24) is 10.2 Å². The maximum absolute atomic E-state index is 13.3. The third kappa shape index (κ3) is 2.96. The zero-order chi connectivity index (χ0) is 14.7. The molecule has 1 aliphatic rings. The van der Waals surface area contributed by atoms with Crippen molar-refractivity contribution >= 4 is 5.91 Å². The topological polar surface area (TPSA) is 41.6 Å². The van der Waals surface area contributed by atoms with E-state index in [1.54, 1.807) is 12.0 Å². The van der Waals surface area contributed by atoms with Crippen LogP contribution in [-0.2, 0) is 9.53 Å². The highest BCUT2D eigenvalue weighted by Gasteiger charge is 2.35. The molecule has 2 atom stereocenters. The van der Waals surface area contributed by atoms with Crippen LogP contribution in [0, 0.1) is 11.6 Å². The lowest BCUT2D eigenvalue weighted by Gasteiger charge is -2.30. The van der Waals surface area contributed by atoms with E-state index >= 15 is 0 Å². The maximum Gasteiger partial charge on any atom is 0.238 e. The van der Waals surface area contributed by atoms with Crippen molar-refractivity contribution < 1.29 is 18.3 Å². The van der Waals surface area contributed by atoms with Crippen molar-refractivity contribution in [2.24, 2.45) is 0 Å². The standard InChI is InChI=1S/C14H18F2N2O2/c1-9(5-6-20-2)18-13(19)8-17-14(18)10-3-4-11(15)12(16)7-10/h3-4,7,9,14,17H,5-6,8H2,1-2H3. The summed E-state index contributed by atoms with van der Waals surface area (Å²) in [5.74, 6) is -1.85. The highest BCUT2D eigenvalue weighted by Crippen LogP contribution is 2.26. The number of carbonyl (C=O) groups excluding carboxylic acids is 1. The number of rotatable bonds is 5. The van der Waals surface area contributed by atoms with Crippen molar-refractivity contribution in [3.05, 3.63) is 35.4 Å². The first kappa shape index (κ1) is 14.9. The minimum absolute atomic E-state index is 0.0458. The van der Waals surface area contributed by atoms with Crippen LogP contribution in [0.4, 0.5) is 8.78 Å². The van der Waals surface area contributed by atoms with Gasteiger partial charge in [-0.2, -0.15) is 0 Å². The van der Waals surface area contributed by atoms with Crippen molar-refractivity contribution in [3.8, 4) is 0 Å². The van der Waals surface area contributed by atoms with Crippen LogP contribution in [0.25, 0.3) is 0 Å². The first-order valence-electron chi connectivity index (χ1n) is 6.53. The van der Waals surface area contributed by atoms with Gasteiger partial charge in [0.25, 0.3) is 0 Å². The third-order valence-electron chi connectivity index (χ3n) is 3.49. The lowest BCUT2D eigenvalue weighted by Crippen LogP contribution is -2.38. The number of methoxy groups -OCH3 is 1. The monoisotopic (exact) mass is 284 g/mol. The third-order valence-corrected chi connectivity index (χ3v) is 3.49. The molecule has 110 valence electrons. The van der Waals surface area contributed by atoms with Gasteiger partial charge in [-0.3, -0.25) is 10.1 Å². The number of benzene rings is 1. The molecule has 1 fully saturated rings. The van der Waals surface area contributed by atoms with Gasteiger partial charge in [-0.05, 0) is 31.0 Å². The van der Waals surface area contributed by atoms with Gasteiger partial charge in [0, 0.05) is 19.8 Å². The van der Waals surface area contributed by atoms with E-state index < -0.39 is 17.8 Å². The second-order valence-electron chi connectivity index (χ2n) is 4.89. The molecule has 1 aliphatic heterocycles. The smallest absolute Gasteiger partial charge is 0.238 e. The van der Waals surface area contributed by atoms with Gasteiger partial charge in [0.05, 0.1) is 6.54 Å². The quantitative estimate of drug-likeness (QED) is 0.896. The van der Waals surface area contributed by atoms with E-state index in [4.69, 9.17) is 4.74 Å². The Morgan fingerprint density at radius 3 is 2.85 bits per heavy atom. The molecule has 1 aromatic rings. The molecule has 2 unspecified atom stereocenters. The summed E-state index contributed by atoms with van der Waals surface area (Å²) in [5, 5.41) is 3.02. The van der Waals surface area contributed by atoms with E-state index in [9.17, 15) is 13.6 Å². The van der Waals surface area contributed by atoms with Gasteiger partial charge >= 0.3 is 0 Å². The van der Waals surface area contributed by atoms with E-state index in [-0.39, 0.29) is 18.5 Å². The molecule has 6 heteroatoms. The van der Waals surface area contributed by atoms with Gasteiger partial charge in [0.2, 0.25) is 5.91 Å². The fraction of sp³-hybridized carbons (Fsp3) is 0.500. The highest BCUT2D eigenvalue weighted by atomic mass is 19.2. The molecule has 0 radical (unpaired) electrons. The molecule has 1 aromatic carbocycles. The predicted octanol–water partition coefficient (Wildman–Crippen LogP) is 1.82. The van der Waals surface area contributed by atoms with Gasteiger partial charge in [0.15, 0.2) is 11.6 Å². The Labute approximate surface area is 116 Å². The fourth-order valence-corrected chi connectivity index (χ4v) is 2.41. The number of hydrogen-bond donors (Lipinski definition) is 1. The van der Waals surface area contributed by atoms with Crippen LogP contribution >= 0.6 is 0 Å². The lowest BCUT2D eigenvalue weighted by atomic mass is 10.1. The molecule has 4 nitrogen and oxygen atoms in total. The summed E-state index contributed by atoms with van der Waals surface area (Å²) in [7, 11) is 1.60. The molecule has 0 aliphatic carbocycles. The van der Waals surface area contributed by atoms with Gasteiger partial charge in [-0.1, -0.05) is 6.07 Å². The van der Waals surface area contributed by atoms with Crippen LogP contribution in [0.3, 0.4) is 0 Å². The molecule has 1 amide bonds. The van der Waals surface area contributed by atoms with Crippen LogP contribution in [-0.4, -0.2) is 37.1 Å². The summed E-state index contributed by atoms with van der Waals surface area (Å²) in [5.41, 5.74) is 0.541. The second-order valence-corrected chi connectivity index (χ2v) is 4.89. The molecule has 1 heterocycles. The molecule has 0 spiro atoms. The molecular formula is C14H18F2N2O2. The zero-order valence-electron chi connectivity index (χ0n) is 11.5. The average molecular weight is 284 g/mol. The Hall–Kier alpha value is -1.53. The van der Waals surface area contributed by atoms with E-state index in [0.29, 0.717) is 18.6 Å². The number of halogens is 2. The van der Waals surface area contributed by atoms with E-state index in [1.807, 2.05) is 6.92 Å². The van der Waals surface area contributed by atoms with Gasteiger partial charge in [0.1, 0.15) is 6.17 Å². The summed E-state index contributed by atoms with van der Waals surface area (Å²) in [4.78, 5) is 13.6. The molecule has 1 N–H and O–H groups in total. The van der Waals surface area contributed by atoms with Gasteiger partial charge in [-0.25, -0.2) is 8.78 Å². The largest absolute Gasteiger partial charge is 0.385 e. The Balaban J connectivity index is 2.20. The normalized spacial score (nSPS) is 20.5. The van der Waals surface area contributed by atoms with Crippen LogP contribution < -0.4 is 5.32 Å². The van der Waals surface area contributed by atoms with Gasteiger partial charge in [-0.15, -0.1) is 0 Å². The molecule has 1 saturated heterocycles. The summed E-state index contributed by atoms with van der Waals surface area (Å²) >= 11 is 0. The van der Waals surface area contributed by atoms with Crippen LogP contribution in [0.5, 0.6) is 0 Å². The van der Waals surface area contributed by atoms with E-state index in [1.165, 1.54) is 6.07 Å². The van der Waals surface area contributed by atoms with Gasteiger partial charge < -0.3 is 9.64 Å². The number of ether oxygens (including phenoxy) is 1. The minimum atomic E-state index is -0.909. The predicted molar refractivity (Wildman–Crippen MR) is 69.9 cm³/mol. The summed E-state index contributed by atoms with van der Waals surface area (Å²) in [6.07, 6.45) is 0.258. The Bertz CT molecular complexity index is 496. The summed E-state index contributed by atoms with van der Waals surface area (Å²) < 4.78 is 31.3. The Morgan fingerprint density at radius 1 is 1.45 bits per heavy atom.